The number of aromatic nitrogens is 1. The van der Waals surface area contributed by atoms with E-state index in [0.29, 0.717) is 16.9 Å². The van der Waals surface area contributed by atoms with Gasteiger partial charge in [-0.05, 0) is 55.5 Å². The van der Waals surface area contributed by atoms with Gasteiger partial charge in [0.05, 0.1) is 0 Å². The first-order valence-corrected chi connectivity index (χ1v) is 7.48. The molecule has 1 N–H and O–H groups in total. The summed E-state index contributed by atoms with van der Waals surface area (Å²) in [5.41, 5.74) is 1.22. The van der Waals surface area contributed by atoms with Crippen molar-refractivity contribution in [2.75, 3.05) is 19.7 Å². The molecule has 19 heavy (non-hydrogen) atoms. The van der Waals surface area contributed by atoms with Crippen molar-refractivity contribution in [2.45, 2.75) is 32.7 Å². The Morgan fingerprint density at radius 1 is 1.26 bits per heavy atom. The first-order valence-electron chi connectivity index (χ1n) is 6.72. The lowest BCUT2D eigenvalue weighted by atomic mass is 9.77. The monoisotopic (exact) mass is 302 g/mol. The molecule has 0 saturated carbocycles. The summed E-state index contributed by atoms with van der Waals surface area (Å²) in [4.78, 5) is 6.34. The molecule has 1 aromatic rings. The van der Waals surface area contributed by atoms with Crippen molar-refractivity contribution < 1.29 is 5.11 Å². The number of nitrogens with zero attached hydrogens (tertiary/aromatic N) is 2. The number of pyridine rings is 1. The third-order valence-corrected chi connectivity index (χ3v) is 4.62. The molecule has 1 fully saturated rings. The molecule has 1 aliphatic rings. The summed E-state index contributed by atoms with van der Waals surface area (Å²) in [5, 5.41) is 10.4. The van der Waals surface area contributed by atoms with Crippen molar-refractivity contribution in [3.63, 3.8) is 0 Å². The fourth-order valence-corrected chi connectivity index (χ4v) is 3.18. The number of hydrogen-bond donors (Lipinski definition) is 1. The van der Waals surface area contributed by atoms with Crippen molar-refractivity contribution in [3.05, 3.63) is 28.0 Å². The minimum absolute atomic E-state index is 0.129. The summed E-state index contributed by atoms with van der Waals surface area (Å²) in [6.07, 6.45) is 3.14. The average Bonchev–Trinajstić information content (AvgIpc) is 2.39. The maximum absolute atomic E-state index is 9.53. The molecule has 3 nitrogen and oxygen atoms in total. The fourth-order valence-electron chi connectivity index (χ4n) is 2.67. The molecule has 0 bridgehead atoms. The summed E-state index contributed by atoms with van der Waals surface area (Å²) in [6.45, 7) is 5.31. The van der Waals surface area contributed by atoms with Crippen LogP contribution in [-0.4, -0.2) is 34.7 Å². The molecule has 0 amide bonds. The summed E-state index contributed by atoms with van der Waals surface area (Å²) < 4.78 is 0. The van der Waals surface area contributed by atoms with Crippen LogP contribution in [0.15, 0.2) is 12.1 Å². The van der Waals surface area contributed by atoms with Gasteiger partial charge in [-0.15, -0.1) is 0 Å². The van der Waals surface area contributed by atoms with E-state index in [-0.39, 0.29) is 5.41 Å². The average molecular weight is 303 g/mol. The molecule has 1 aliphatic heterocycles. The van der Waals surface area contributed by atoms with Crippen LogP contribution in [0.4, 0.5) is 0 Å². The minimum Gasteiger partial charge on any atom is -0.396 e. The largest absolute Gasteiger partial charge is 0.396 e. The second-order valence-corrected chi connectivity index (χ2v) is 6.18. The summed E-state index contributed by atoms with van der Waals surface area (Å²) >= 11 is 11.8. The van der Waals surface area contributed by atoms with Crippen molar-refractivity contribution >= 4 is 23.2 Å². The van der Waals surface area contributed by atoms with Crippen LogP contribution < -0.4 is 0 Å². The number of hydrogen-bond acceptors (Lipinski definition) is 3. The Bertz CT molecular complexity index is 405. The van der Waals surface area contributed by atoms with E-state index in [1.807, 2.05) is 12.1 Å². The van der Waals surface area contributed by atoms with Crippen molar-refractivity contribution in [3.8, 4) is 0 Å². The highest BCUT2D eigenvalue weighted by Crippen LogP contribution is 2.34. The van der Waals surface area contributed by atoms with E-state index in [1.165, 1.54) is 0 Å². The maximum Gasteiger partial charge on any atom is 0.131 e. The van der Waals surface area contributed by atoms with E-state index in [1.54, 1.807) is 0 Å². The number of aliphatic hydroxyl groups is 1. The van der Waals surface area contributed by atoms with Crippen LogP contribution in [0.2, 0.25) is 10.3 Å². The van der Waals surface area contributed by atoms with E-state index >= 15 is 0 Å². The zero-order valence-electron chi connectivity index (χ0n) is 11.2. The molecule has 0 aliphatic carbocycles. The van der Waals surface area contributed by atoms with Crippen LogP contribution >= 0.6 is 23.2 Å². The van der Waals surface area contributed by atoms with Gasteiger partial charge >= 0.3 is 0 Å². The Morgan fingerprint density at radius 3 is 2.32 bits per heavy atom. The summed E-state index contributed by atoms with van der Waals surface area (Å²) in [7, 11) is 0. The minimum atomic E-state index is 0.129. The highest BCUT2D eigenvalue weighted by molar-refractivity contribution is 6.32. The van der Waals surface area contributed by atoms with E-state index in [4.69, 9.17) is 23.2 Å². The lowest BCUT2D eigenvalue weighted by molar-refractivity contribution is 0.0382. The smallest absolute Gasteiger partial charge is 0.131 e. The van der Waals surface area contributed by atoms with Crippen LogP contribution in [0.1, 0.15) is 31.7 Å². The molecule has 1 saturated heterocycles. The second-order valence-electron chi connectivity index (χ2n) is 5.41. The Morgan fingerprint density at radius 2 is 1.84 bits per heavy atom. The molecule has 106 valence electrons. The van der Waals surface area contributed by atoms with Gasteiger partial charge in [0.25, 0.3) is 0 Å². The molecule has 5 heteroatoms. The van der Waals surface area contributed by atoms with Gasteiger partial charge in [-0.25, -0.2) is 4.98 Å². The lowest BCUT2D eigenvalue weighted by Gasteiger charge is -2.40. The van der Waals surface area contributed by atoms with Crippen LogP contribution in [0, 0.1) is 5.41 Å². The van der Waals surface area contributed by atoms with Gasteiger partial charge in [0.2, 0.25) is 0 Å². The zero-order chi connectivity index (χ0) is 13.9. The quantitative estimate of drug-likeness (QED) is 0.866. The van der Waals surface area contributed by atoms with Crippen molar-refractivity contribution in [1.29, 1.82) is 0 Å². The number of aliphatic hydroxyl groups excluding tert-OH is 1. The third-order valence-electron chi connectivity index (χ3n) is 4.23. The zero-order valence-corrected chi connectivity index (χ0v) is 12.7. The Balaban J connectivity index is 1.95. The number of rotatable bonds is 4. The number of likely N-dealkylation sites (tertiary alicyclic amines) is 1. The normalized spacial score (nSPS) is 19.6. The van der Waals surface area contributed by atoms with Gasteiger partial charge in [-0.2, -0.15) is 0 Å². The topological polar surface area (TPSA) is 36.4 Å². The van der Waals surface area contributed by atoms with Gasteiger partial charge in [-0.3, -0.25) is 4.90 Å². The highest BCUT2D eigenvalue weighted by Gasteiger charge is 2.32. The van der Waals surface area contributed by atoms with Crippen LogP contribution in [0.3, 0.4) is 0 Å². The van der Waals surface area contributed by atoms with Gasteiger partial charge in [-0.1, -0.05) is 30.1 Å². The lowest BCUT2D eigenvalue weighted by Crippen LogP contribution is -2.41. The molecule has 2 heterocycles. The van der Waals surface area contributed by atoms with Gasteiger partial charge in [0.1, 0.15) is 10.3 Å². The number of piperidine rings is 1. The highest BCUT2D eigenvalue weighted by atomic mass is 35.5. The third kappa shape index (κ3) is 3.82. The molecule has 0 unspecified atom stereocenters. The second kappa shape index (κ2) is 6.40. The van der Waals surface area contributed by atoms with Crippen LogP contribution in [-0.2, 0) is 6.54 Å². The molecular formula is C14H20Cl2N2O. The van der Waals surface area contributed by atoms with E-state index in [0.717, 1.165) is 44.5 Å². The molecule has 0 atom stereocenters. The Kier molecular flexibility index (Phi) is 5.07. The summed E-state index contributed by atoms with van der Waals surface area (Å²) in [5.74, 6) is 0. The van der Waals surface area contributed by atoms with Crippen LogP contribution in [0.25, 0.3) is 0 Å². The molecule has 1 aromatic heterocycles. The predicted octanol–water partition coefficient (Wildman–Crippen LogP) is 3.37. The van der Waals surface area contributed by atoms with E-state index in [9.17, 15) is 5.11 Å². The molecule has 0 spiro atoms. The molecular weight excluding hydrogens is 283 g/mol. The fraction of sp³-hybridized carbons (Fsp3) is 0.643. The van der Waals surface area contributed by atoms with E-state index in [2.05, 4.69) is 16.8 Å². The van der Waals surface area contributed by atoms with Gasteiger partial charge in [0, 0.05) is 13.2 Å². The maximum atomic E-state index is 9.53. The van der Waals surface area contributed by atoms with E-state index < -0.39 is 0 Å². The molecule has 0 aromatic carbocycles. The standard InChI is InChI=1S/C14H20Cl2N2O/c1-2-14(10-19)3-5-18(6-4-14)9-11-7-12(15)17-13(16)8-11/h7-8,19H,2-6,9-10H2,1H3. The molecule has 2 rings (SSSR count). The Hall–Kier alpha value is -0.350. The predicted molar refractivity (Wildman–Crippen MR) is 78.6 cm³/mol. The van der Waals surface area contributed by atoms with Crippen molar-refractivity contribution in [1.82, 2.24) is 9.88 Å². The summed E-state index contributed by atoms with van der Waals surface area (Å²) in [6, 6.07) is 3.72. The Labute approximate surface area is 124 Å². The molecule has 0 radical (unpaired) electrons. The van der Waals surface area contributed by atoms with Crippen LogP contribution in [0.5, 0.6) is 0 Å². The van der Waals surface area contributed by atoms with Gasteiger partial charge < -0.3 is 5.11 Å². The SMILES string of the molecule is CCC1(CO)CCN(Cc2cc(Cl)nc(Cl)c2)CC1. The van der Waals surface area contributed by atoms with Gasteiger partial charge in [0.15, 0.2) is 0 Å². The number of halogens is 2. The first-order chi connectivity index (χ1) is 9.07. The first kappa shape index (κ1) is 15.0. The van der Waals surface area contributed by atoms with Crippen molar-refractivity contribution in [2.24, 2.45) is 5.41 Å².